The van der Waals surface area contributed by atoms with Crippen LogP contribution in [0.5, 0.6) is 0 Å². The van der Waals surface area contributed by atoms with Gasteiger partial charge in [-0.1, -0.05) is 62.9 Å². The molecule has 3 nitrogen and oxygen atoms in total. The van der Waals surface area contributed by atoms with E-state index in [1.807, 2.05) is 13.8 Å². The lowest BCUT2D eigenvalue weighted by atomic mass is 9.67. The molecule has 0 amide bonds. The molecule has 160 valence electrons. The molecule has 29 heavy (non-hydrogen) atoms. The van der Waals surface area contributed by atoms with Crippen molar-refractivity contribution in [2.75, 3.05) is 25.5 Å². The molecule has 0 spiro atoms. The third-order valence-electron chi connectivity index (χ3n) is 6.73. The minimum atomic E-state index is 0.119. The van der Waals surface area contributed by atoms with Gasteiger partial charge in [0.15, 0.2) is 5.13 Å². The molecule has 2 heterocycles. The summed E-state index contributed by atoms with van der Waals surface area (Å²) in [4.78, 5) is 7.59. The van der Waals surface area contributed by atoms with Gasteiger partial charge in [0.2, 0.25) is 0 Å². The van der Waals surface area contributed by atoms with Crippen LogP contribution in [-0.4, -0.2) is 36.1 Å². The molecule has 0 radical (unpaired) electrons. The van der Waals surface area contributed by atoms with Gasteiger partial charge in [-0.2, -0.15) is 0 Å². The number of nitrogens with one attached hydrogen (secondary N) is 1. The van der Waals surface area contributed by atoms with Crippen LogP contribution in [0.25, 0.3) is 0 Å². The predicted molar refractivity (Wildman–Crippen MR) is 127 cm³/mol. The van der Waals surface area contributed by atoms with Gasteiger partial charge in [-0.05, 0) is 58.2 Å². The molecule has 1 aliphatic carbocycles. The Morgan fingerprint density at radius 1 is 1.10 bits per heavy atom. The Kier molecular flexibility index (Phi) is 8.14. The van der Waals surface area contributed by atoms with Crippen LogP contribution in [0.3, 0.4) is 0 Å². The molecule has 1 aliphatic heterocycles. The molecule has 2 fully saturated rings. The first-order valence-electron chi connectivity index (χ1n) is 11.6. The van der Waals surface area contributed by atoms with E-state index < -0.39 is 0 Å². The highest BCUT2D eigenvalue weighted by Crippen LogP contribution is 2.45. The molecule has 0 bridgehead atoms. The van der Waals surface area contributed by atoms with E-state index in [4.69, 9.17) is 4.98 Å². The van der Waals surface area contributed by atoms with Crippen molar-refractivity contribution in [3.63, 3.8) is 0 Å². The Bertz CT molecular complexity index is 731. The van der Waals surface area contributed by atoms with Crippen molar-refractivity contribution in [1.82, 2.24) is 9.88 Å². The first kappa shape index (κ1) is 22.3. The van der Waals surface area contributed by atoms with Crippen LogP contribution < -0.4 is 5.32 Å². The average molecular weight is 414 g/mol. The Hall–Kier alpha value is -1.39. The molecular formula is C25H39N3S. The molecule has 1 aromatic carbocycles. The highest BCUT2D eigenvalue weighted by Gasteiger charge is 2.37. The quantitative estimate of drug-likeness (QED) is 0.576. The molecule has 1 N–H and O–H groups in total. The fourth-order valence-corrected chi connectivity index (χ4v) is 5.82. The van der Waals surface area contributed by atoms with E-state index in [2.05, 4.69) is 53.8 Å². The second-order valence-corrected chi connectivity index (χ2v) is 9.40. The SMILES string of the molecule is CC.Cc1ccc(C2(c3csc(NCCC4CCCN4C)n3)CCCCC2)cc1. The summed E-state index contributed by atoms with van der Waals surface area (Å²) in [6.45, 7) is 8.45. The Morgan fingerprint density at radius 3 is 2.48 bits per heavy atom. The molecule has 1 saturated heterocycles. The van der Waals surface area contributed by atoms with Crippen molar-refractivity contribution in [3.05, 3.63) is 46.5 Å². The normalized spacial score (nSPS) is 21.4. The standard InChI is InChI=1S/C23H33N3S.C2H6/c1-18-8-10-19(11-9-18)23(13-4-3-5-14-23)21-17-27-22(25-21)24-15-12-20-7-6-16-26(20)2;1-2/h8-11,17,20H,3-7,12-16H2,1-2H3,(H,24,25);1-2H3. The maximum absolute atomic E-state index is 5.08. The van der Waals surface area contributed by atoms with Gasteiger partial charge in [0.05, 0.1) is 5.69 Å². The van der Waals surface area contributed by atoms with Gasteiger partial charge >= 0.3 is 0 Å². The summed E-state index contributed by atoms with van der Waals surface area (Å²) in [5.74, 6) is 0. The zero-order valence-corrected chi connectivity index (χ0v) is 19.7. The van der Waals surface area contributed by atoms with E-state index in [0.29, 0.717) is 0 Å². The lowest BCUT2D eigenvalue weighted by molar-refractivity contribution is 0.301. The molecule has 4 rings (SSSR count). The van der Waals surface area contributed by atoms with E-state index in [-0.39, 0.29) is 5.41 Å². The van der Waals surface area contributed by atoms with Crippen LogP contribution in [-0.2, 0) is 5.41 Å². The first-order valence-corrected chi connectivity index (χ1v) is 12.5. The monoisotopic (exact) mass is 413 g/mol. The van der Waals surface area contributed by atoms with E-state index in [0.717, 1.165) is 17.7 Å². The van der Waals surface area contributed by atoms with Crippen molar-refractivity contribution in [3.8, 4) is 0 Å². The van der Waals surface area contributed by atoms with E-state index >= 15 is 0 Å². The molecule has 1 unspecified atom stereocenters. The number of hydrogen-bond acceptors (Lipinski definition) is 4. The molecule has 2 aromatic rings. The summed E-state index contributed by atoms with van der Waals surface area (Å²) in [5.41, 5.74) is 4.20. The van der Waals surface area contributed by atoms with Gasteiger partial charge in [-0.3, -0.25) is 0 Å². The fourth-order valence-electron chi connectivity index (χ4n) is 4.99. The Morgan fingerprint density at radius 2 is 1.83 bits per heavy atom. The third-order valence-corrected chi connectivity index (χ3v) is 7.53. The first-order chi connectivity index (χ1) is 14.2. The number of hydrogen-bond donors (Lipinski definition) is 1. The minimum absolute atomic E-state index is 0.119. The second kappa shape index (κ2) is 10.6. The van der Waals surface area contributed by atoms with Gasteiger partial charge in [-0.25, -0.2) is 4.98 Å². The van der Waals surface area contributed by atoms with E-state index in [9.17, 15) is 0 Å². The Labute approximate surface area is 181 Å². The van der Waals surface area contributed by atoms with Crippen molar-refractivity contribution >= 4 is 16.5 Å². The van der Waals surface area contributed by atoms with Gasteiger partial charge in [0, 0.05) is 23.4 Å². The van der Waals surface area contributed by atoms with Crippen LogP contribution in [0.2, 0.25) is 0 Å². The number of thiazole rings is 1. The highest BCUT2D eigenvalue weighted by atomic mass is 32.1. The maximum Gasteiger partial charge on any atom is 0.182 e. The topological polar surface area (TPSA) is 28.2 Å². The van der Waals surface area contributed by atoms with Crippen molar-refractivity contribution in [2.45, 2.75) is 83.6 Å². The number of aromatic nitrogens is 1. The Balaban J connectivity index is 0.00000117. The minimum Gasteiger partial charge on any atom is -0.361 e. The largest absolute Gasteiger partial charge is 0.361 e. The lowest BCUT2D eigenvalue weighted by Crippen LogP contribution is -2.31. The molecule has 2 aliphatic rings. The van der Waals surface area contributed by atoms with Crippen LogP contribution in [0.15, 0.2) is 29.6 Å². The smallest absolute Gasteiger partial charge is 0.182 e. The van der Waals surface area contributed by atoms with Crippen molar-refractivity contribution < 1.29 is 0 Å². The van der Waals surface area contributed by atoms with E-state index in [1.54, 1.807) is 11.3 Å². The summed E-state index contributed by atoms with van der Waals surface area (Å²) in [6.07, 6.45) is 10.3. The summed E-state index contributed by atoms with van der Waals surface area (Å²) in [6, 6.07) is 9.94. The molecule has 4 heteroatoms. The van der Waals surface area contributed by atoms with Gasteiger partial charge in [0.25, 0.3) is 0 Å². The molecule has 1 atom stereocenters. The van der Waals surface area contributed by atoms with Gasteiger partial charge < -0.3 is 10.2 Å². The number of likely N-dealkylation sites (tertiary alicyclic amines) is 1. The zero-order valence-electron chi connectivity index (χ0n) is 18.8. The molecule has 1 saturated carbocycles. The highest BCUT2D eigenvalue weighted by molar-refractivity contribution is 7.13. The van der Waals surface area contributed by atoms with E-state index in [1.165, 1.54) is 74.7 Å². The summed E-state index contributed by atoms with van der Waals surface area (Å²) >= 11 is 1.79. The summed E-state index contributed by atoms with van der Waals surface area (Å²) in [7, 11) is 2.26. The van der Waals surface area contributed by atoms with Gasteiger partial charge in [0.1, 0.15) is 0 Å². The second-order valence-electron chi connectivity index (χ2n) is 8.54. The number of nitrogens with zero attached hydrogens (tertiary/aromatic N) is 2. The third kappa shape index (κ3) is 5.21. The van der Waals surface area contributed by atoms with Crippen LogP contribution >= 0.6 is 11.3 Å². The number of anilines is 1. The fraction of sp³-hybridized carbons (Fsp3) is 0.640. The lowest BCUT2D eigenvalue weighted by Gasteiger charge is -2.36. The van der Waals surface area contributed by atoms with Crippen LogP contribution in [0.1, 0.15) is 82.0 Å². The number of rotatable bonds is 6. The maximum atomic E-state index is 5.08. The number of benzene rings is 1. The van der Waals surface area contributed by atoms with Crippen molar-refractivity contribution in [2.24, 2.45) is 0 Å². The van der Waals surface area contributed by atoms with Crippen molar-refractivity contribution in [1.29, 1.82) is 0 Å². The number of aryl methyl sites for hydroxylation is 1. The van der Waals surface area contributed by atoms with Gasteiger partial charge in [-0.15, -0.1) is 11.3 Å². The summed E-state index contributed by atoms with van der Waals surface area (Å²) in [5, 5.41) is 7.02. The average Bonchev–Trinajstić information content (AvgIpc) is 3.40. The molecular weight excluding hydrogens is 374 g/mol. The summed E-state index contributed by atoms with van der Waals surface area (Å²) < 4.78 is 0. The predicted octanol–water partition coefficient (Wildman–Crippen LogP) is 6.62. The zero-order chi connectivity index (χ0) is 20.7. The van der Waals surface area contributed by atoms with Crippen LogP contribution in [0.4, 0.5) is 5.13 Å². The molecule has 1 aromatic heterocycles. The van der Waals surface area contributed by atoms with Crippen LogP contribution in [0, 0.1) is 6.92 Å².